The zero-order valence-electron chi connectivity index (χ0n) is 8.72. The number of carboxylic acids is 1. The molecule has 0 amide bonds. The van der Waals surface area contributed by atoms with Gasteiger partial charge in [0.25, 0.3) is 0 Å². The van der Waals surface area contributed by atoms with Gasteiger partial charge in [-0.15, -0.1) is 0 Å². The Bertz CT molecular complexity index is 523. The second kappa shape index (κ2) is 5.21. The molecule has 5 heteroatoms. The third-order valence-corrected chi connectivity index (χ3v) is 3.21. The van der Waals surface area contributed by atoms with Gasteiger partial charge in [-0.25, -0.2) is 4.79 Å². The minimum absolute atomic E-state index is 0.00407. The summed E-state index contributed by atoms with van der Waals surface area (Å²) < 4.78 is 5.47. The smallest absolute Gasteiger partial charge is 0.341 e. The van der Waals surface area contributed by atoms with Gasteiger partial charge in [0.1, 0.15) is 17.9 Å². The molecule has 1 N–H and O–H groups in total. The first-order valence-electron chi connectivity index (χ1n) is 4.84. The molecule has 0 saturated carbocycles. The minimum atomic E-state index is -1.09. The third-order valence-electron chi connectivity index (χ3n) is 2.16. The normalized spacial score (nSPS) is 10.2. The first-order valence-corrected chi connectivity index (χ1v) is 6.16. The molecule has 0 saturated heterocycles. The molecule has 0 atom stereocenters. The molecule has 1 heterocycles. The van der Waals surface area contributed by atoms with Crippen LogP contribution in [0.3, 0.4) is 0 Å². The Morgan fingerprint density at radius 2 is 2.24 bits per heavy atom. The highest BCUT2D eigenvalue weighted by atomic mass is 35.5. The van der Waals surface area contributed by atoms with Crippen molar-refractivity contribution in [3.63, 3.8) is 0 Å². The van der Waals surface area contributed by atoms with Crippen molar-refractivity contribution in [2.24, 2.45) is 0 Å². The highest BCUT2D eigenvalue weighted by Gasteiger charge is 2.15. The lowest BCUT2D eigenvalue weighted by Crippen LogP contribution is -2.03. The first kappa shape index (κ1) is 12.0. The van der Waals surface area contributed by atoms with Gasteiger partial charge < -0.3 is 9.84 Å². The van der Waals surface area contributed by atoms with E-state index >= 15 is 0 Å². The summed E-state index contributed by atoms with van der Waals surface area (Å²) in [5.74, 6) is -0.799. The fourth-order valence-corrected chi connectivity index (χ4v) is 2.27. The van der Waals surface area contributed by atoms with E-state index in [1.54, 1.807) is 23.5 Å². The second-order valence-corrected chi connectivity index (χ2v) is 4.53. The van der Waals surface area contributed by atoms with Crippen LogP contribution in [0.1, 0.15) is 15.9 Å². The molecule has 0 spiro atoms. The maximum absolute atomic E-state index is 11.0. The van der Waals surface area contributed by atoms with E-state index in [0.29, 0.717) is 6.61 Å². The van der Waals surface area contributed by atoms with Crippen LogP contribution in [0.25, 0.3) is 0 Å². The summed E-state index contributed by atoms with van der Waals surface area (Å²) in [7, 11) is 0. The molecule has 0 aliphatic carbocycles. The fourth-order valence-electron chi connectivity index (χ4n) is 1.37. The van der Waals surface area contributed by atoms with E-state index in [1.807, 2.05) is 16.8 Å². The van der Waals surface area contributed by atoms with Gasteiger partial charge in [-0.1, -0.05) is 17.7 Å². The Morgan fingerprint density at radius 3 is 2.88 bits per heavy atom. The van der Waals surface area contributed by atoms with Crippen molar-refractivity contribution in [2.45, 2.75) is 6.61 Å². The SMILES string of the molecule is O=C(O)c1c(Cl)cccc1OCc1ccsc1. The number of hydrogen-bond acceptors (Lipinski definition) is 3. The first-order chi connectivity index (χ1) is 8.18. The zero-order chi connectivity index (χ0) is 12.3. The van der Waals surface area contributed by atoms with Crippen molar-refractivity contribution in [3.05, 3.63) is 51.2 Å². The van der Waals surface area contributed by atoms with Gasteiger partial charge in [-0.2, -0.15) is 11.3 Å². The quantitative estimate of drug-likeness (QED) is 0.920. The van der Waals surface area contributed by atoms with Crippen LogP contribution in [0.15, 0.2) is 35.0 Å². The van der Waals surface area contributed by atoms with Gasteiger partial charge in [-0.05, 0) is 34.5 Å². The number of carboxylic acid groups (broad SMARTS) is 1. The van der Waals surface area contributed by atoms with Crippen LogP contribution in [-0.2, 0) is 6.61 Å². The molecular formula is C12H9ClO3S. The Morgan fingerprint density at radius 1 is 1.41 bits per heavy atom. The van der Waals surface area contributed by atoms with Crippen molar-refractivity contribution < 1.29 is 14.6 Å². The lowest BCUT2D eigenvalue weighted by atomic mass is 10.2. The second-order valence-electron chi connectivity index (χ2n) is 3.34. The van der Waals surface area contributed by atoms with E-state index in [-0.39, 0.29) is 16.3 Å². The van der Waals surface area contributed by atoms with Gasteiger partial charge in [-0.3, -0.25) is 0 Å². The molecule has 88 valence electrons. The van der Waals surface area contributed by atoms with Crippen molar-refractivity contribution in [3.8, 4) is 5.75 Å². The van der Waals surface area contributed by atoms with Crippen molar-refractivity contribution in [2.75, 3.05) is 0 Å². The average Bonchev–Trinajstić information content (AvgIpc) is 2.78. The Balaban J connectivity index is 2.21. The Labute approximate surface area is 107 Å². The lowest BCUT2D eigenvalue weighted by Gasteiger charge is -2.09. The molecule has 0 radical (unpaired) electrons. The van der Waals surface area contributed by atoms with Gasteiger partial charge in [0.05, 0.1) is 5.02 Å². The Hall–Kier alpha value is -1.52. The lowest BCUT2D eigenvalue weighted by molar-refractivity contribution is 0.0692. The summed E-state index contributed by atoms with van der Waals surface area (Å²) >= 11 is 7.39. The molecule has 2 rings (SSSR count). The number of halogens is 1. The van der Waals surface area contributed by atoms with Crippen molar-refractivity contribution >= 4 is 28.9 Å². The molecular weight excluding hydrogens is 260 g/mol. The maximum atomic E-state index is 11.0. The van der Waals surface area contributed by atoms with E-state index in [4.69, 9.17) is 21.4 Å². The minimum Gasteiger partial charge on any atom is -0.488 e. The average molecular weight is 269 g/mol. The van der Waals surface area contributed by atoms with Crippen LogP contribution in [0.2, 0.25) is 5.02 Å². The predicted molar refractivity (Wildman–Crippen MR) is 67.1 cm³/mol. The van der Waals surface area contributed by atoms with E-state index in [0.717, 1.165) is 5.56 Å². The molecule has 0 aliphatic heterocycles. The third kappa shape index (κ3) is 2.78. The van der Waals surface area contributed by atoms with E-state index in [2.05, 4.69) is 0 Å². The molecule has 17 heavy (non-hydrogen) atoms. The van der Waals surface area contributed by atoms with E-state index in [1.165, 1.54) is 6.07 Å². The molecule has 1 aromatic carbocycles. The molecule has 0 fully saturated rings. The zero-order valence-corrected chi connectivity index (χ0v) is 10.3. The number of hydrogen-bond donors (Lipinski definition) is 1. The van der Waals surface area contributed by atoms with Crippen LogP contribution >= 0.6 is 22.9 Å². The molecule has 0 aliphatic rings. The number of carbonyl (C=O) groups is 1. The van der Waals surface area contributed by atoms with Crippen LogP contribution in [0, 0.1) is 0 Å². The van der Waals surface area contributed by atoms with Crippen molar-refractivity contribution in [1.82, 2.24) is 0 Å². The number of rotatable bonds is 4. The predicted octanol–water partition coefficient (Wildman–Crippen LogP) is 3.68. The summed E-state index contributed by atoms with van der Waals surface area (Å²) in [4.78, 5) is 11.0. The van der Waals surface area contributed by atoms with E-state index in [9.17, 15) is 4.79 Å². The monoisotopic (exact) mass is 268 g/mol. The van der Waals surface area contributed by atoms with Gasteiger partial charge in [0, 0.05) is 0 Å². The largest absolute Gasteiger partial charge is 0.488 e. The summed E-state index contributed by atoms with van der Waals surface area (Å²) in [6.07, 6.45) is 0. The number of thiophene rings is 1. The Kier molecular flexibility index (Phi) is 3.66. The van der Waals surface area contributed by atoms with Crippen LogP contribution in [-0.4, -0.2) is 11.1 Å². The molecule has 3 nitrogen and oxygen atoms in total. The summed E-state index contributed by atoms with van der Waals surface area (Å²) in [5.41, 5.74) is 1.01. The van der Waals surface area contributed by atoms with Gasteiger partial charge >= 0.3 is 5.97 Å². The summed E-state index contributed by atoms with van der Waals surface area (Å²) in [5, 5.41) is 13.1. The highest BCUT2D eigenvalue weighted by molar-refractivity contribution is 7.07. The number of benzene rings is 1. The number of ether oxygens (including phenoxy) is 1. The summed E-state index contributed by atoms with van der Waals surface area (Å²) in [6.45, 7) is 0.337. The summed E-state index contributed by atoms with van der Waals surface area (Å²) in [6, 6.07) is 6.72. The highest BCUT2D eigenvalue weighted by Crippen LogP contribution is 2.27. The fraction of sp³-hybridized carbons (Fsp3) is 0.0833. The molecule has 0 unspecified atom stereocenters. The van der Waals surface area contributed by atoms with Crippen LogP contribution in [0.4, 0.5) is 0 Å². The van der Waals surface area contributed by atoms with Crippen LogP contribution in [0.5, 0.6) is 5.75 Å². The topological polar surface area (TPSA) is 46.5 Å². The molecule has 2 aromatic rings. The van der Waals surface area contributed by atoms with Crippen LogP contribution < -0.4 is 4.74 Å². The van der Waals surface area contributed by atoms with E-state index < -0.39 is 5.97 Å². The maximum Gasteiger partial charge on any atom is 0.341 e. The van der Waals surface area contributed by atoms with Gasteiger partial charge in [0.15, 0.2) is 0 Å². The van der Waals surface area contributed by atoms with Gasteiger partial charge in [0.2, 0.25) is 0 Å². The van der Waals surface area contributed by atoms with Crippen molar-refractivity contribution in [1.29, 1.82) is 0 Å². The molecule has 0 bridgehead atoms. The number of aromatic carboxylic acids is 1. The molecule has 1 aromatic heterocycles. The standard InChI is InChI=1S/C12H9ClO3S/c13-9-2-1-3-10(11(9)12(14)15)16-6-8-4-5-17-7-8/h1-5,7H,6H2,(H,14,15).